The first-order valence-corrected chi connectivity index (χ1v) is 4.28. The molecule has 2 aromatic heterocycles. The van der Waals surface area contributed by atoms with Gasteiger partial charge in [-0.1, -0.05) is 0 Å². The summed E-state index contributed by atoms with van der Waals surface area (Å²) >= 11 is 0. The Balaban J connectivity index is 2.38. The van der Waals surface area contributed by atoms with Crippen LogP contribution in [0.1, 0.15) is 5.56 Å². The van der Waals surface area contributed by atoms with Crippen LogP contribution < -0.4 is 0 Å². The first kappa shape index (κ1) is 8.74. The van der Waals surface area contributed by atoms with Gasteiger partial charge in [0.1, 0.15) is 0 Å². The number of carbonyl (C=O) groups excluding carboxylic acids is 1. The largest absolute Gasteiger partial charge is 0.469 e. The average molecular weight is 190 g/mol. The number of rotatable bonds is 2. The van der Waals surface area contributed by atoms with Crippen LogP contribution in [0.25, 0.3) is 10.9 Å². The number of nitrogens with one attached hydrogen (secondary N) is 1. The Bertz CT molecular complexity index is 462. The van der Waals surface area contributed by atoms with Crippen LogP contribution in [0.2, 0.25) is 0 Å². The van der Waals surface area contributed by atoms with E-state index in [1.807, 2.05) is 12.3 Å². The average Bonchev–Trinajstić information content (AvgIpc) is 2.62. The number of aromatic amines is 1. The van der Waals surface area contributed by atoms with Crippen LogP contribution in [0.4, 0.5) is 0 Å². The highest BCUT2D eigenvalue weighted by atomic mass is 16.5. The molecule has 2 heterocycles. The van der Waals surface area contributed by atoms with E-state index in [4.69, 9.17) is 0 Å². The lowest BCUT2D eigenvalue weighted by Gasteiger charge is -1.96. The minimum absolute atomic E-state index is 0.241. The normalized spacial score (nSPS) is 10.4. The van der Waals surface area contributed by atoms with Crippen molar-refractivity contribution in [3.63, 3.8) is 0 Å². The van der Waals surface area contributed by atoms with E-state index in [0.29, 0.717) is 0 Å². The molecule has 0 saturated carbocycles. The molecular weight excluding hydrogens is 180 g/mol. The van der Waals surface area contributed by atoms with Crippen LogP contribution in [-0.4, -0.2) is 23.0 Å². The number of nitrogens with zero attached hydrogens (tertiary/aromatic N) is 1. The number of hydrogen-bond donors (Lipinski definition) is 1. The molecular formula is C10H10N2O2. The maximum atomic E-state index is 11.1. The number of aromatic nitrogens is 2. The predicted octanol–water partition coefficient (Wildman–Crippen LogP) is 1.28. The fraction of sp³-hybridized carbons (Fsp3) is 0.200. The third-order valence-electron chi connectivity index (χ3n) is 2.13. The molecule has 4 heteroatoms. The highest BCUT2D eigenvalue weighted by Crippen LogP contribution is 2.16. The Morgan fingerprint density at radius 3 is 3.29 bits per heavy atom. The van der Waals surface area contributed by atoms with Gasteiger partial charge >= 0.3 is 5.97 Å². The van der Waals surface area contributed by atoms with Crippen molar-refractivity contribution in [3.05, 3.63) is 30.2 Å². The number of hydrogen-bond acceptors (Lipinski definition) is 3. The van der Waals surface area contributed by atoms with Crippen molar-refractivity contribution in [3.8, 4) is 0 Å². The molecule has 0 aromatic carbocycles. The maximum Gasteiger partial charge on any atom is 0.310 e. The molecule has 0 radical (unpaired) electrons. The second kappa shape index (κ2) is 3.49. The molecule has 1 N–H and O–H groups in total. The molecule has 4 nitrogen and oxygen atoms in total. The summed E-state index contributed by atoms with van der Waals surface area (Å²) in [6.07, 6.45) is 5.54. The Labute approximate surface area is 80.9 Å². The molecule has 0 fully saturated rings. The first-order valence-electron chi connectivity index (χ1n) is 4.28. The summed E-state index contributed by atoms with van der Waals surface area (Å²) in [5, 5.41) is 0.970. The van der Waals surface area contributed by atoms with Crippen molar-refractivity contribution in [1.29, 1.82) is 0 Å². The van der Waals surface area contributed by atoms with E-state index in [9.17, 15) is 4.79 Å². The summed E-state index contributed by atoms with van der Waals surface area (Å²) in [4.78, 5) is 18.1. The summed E-state index contributed by atoms with van der Waals surface area (Å²) in [7, 11) is 1.38. The minimum Gasteiger partial charge on any atom is -0.469 e. The van der Waals surface area contributed by atoms with Crippen LogP contribution in [0.15, 0.2) is 24.7 Å². The van der Waals surface area contributed by atoms with E-state index in [2.05, 4.69) is 14.7 Å². The number of ether oxygens (including phenoxy) is 1. The van der Waals surface area contributed by atoms with Gasteiger partial charge in [-0.2, -0.15) is 0 Å². The third kappa shape index (κ3) is 1.46. The molecule has 0 bridgehead atoms. The minimum atomic E-state index is -0.241. The summed E-state index contributed by atoms with van der Waals surface area (Å²) in [6, 6.07) is 1.87. The van der Waals surface area contributed by atoms with E-state index in [-0.39, 0.29) is 12.4 Å². The highest BCUT2D eigenvalue weighted by Gasteiger charge is 2.07. The molecule has 0 unspecified atom stereocenters. The van der Waals surface area contributed by atoms with Crippen molar-refractivity contribution in [2.24, 2.45) is 0 Å². The van der Waals surface area contributed by atoms with Crippen LogP contribution in [0, 0.1) is 0 Å². The number of methoxy groups -OCH3 is 1. The lowest BCUT2D eigenvalue weighted by atomic mass is 10.1. The molecule has 0 aliphatic rings. The van der Waals surface area contributed by atoms with E-state index in [1.165, 1.54) is 7.11 Å². The molecule has 0 atom stereocenters. The first-order chi connectivity index (χ1) is 6.81. The quantitative estimate of drug-likeness (QED) is 0.726. The van der Waals surface area contributed by atoms with E-state index < -0.39 is 0 Å². The molecule has 2 rings (SSSR count). The van der Waals surface area contributed by atoms with Gasteiger partial charge in [-0.3, -0.25) is 9.78 Å². The van der Waals surface area contributed by atoms with Gasteiger partial charge in [0.25, 0.3) is 0 Å². The topological polar surface area (TPSA) is 55.0 Å². The number of esters is 1. The standard InChI is InChI=1S/C10H10N2O2/c1-14-10(13)4-7-5-12-9-2-3-11-6-8(7)9/h2-3,5-6,12H,4H2,1H3. The number of pyridine rings is 1. The van der Waals surface area contributed by atoms with Crippen molar-refractivity contribution < 1.29 is 9.53 Å². The highest BCUT2D eigenvalue weighted by molar-refractivity contribution is 5.86. The molecule has 0 aliphatic heterocycles. The molecule has 0 spiro atoms. The summed E-state index contributed by atoms with van der Waals surface area (Å²) in [5.41, 5.74) is 1.90. The second-order valence-corrected chi connectivity index (χ2v) is 2.99. The third-order valence-corrected chi connectivity index (χ3v) is 2.13. The van der Waals surface area contributed by atoms with Crippen LogP contribution >= 0.6 is 0 Å². The van der Waals surface area contributed by atoms with Gasteiger partial charge in [0.05, 0.1) is 13.5 Å². The molecule has 0 aliphatic carbocycles. The van der Waals surface area contributed by atoms with Crippen molar-refractivity contribution >= 4 is 16.9 Å². The van der Waals surface area contributed by atoms with E-state index in [1.54, 1.807) is 12.4 Å². The Morgan fingerprint density at radius 1 is 1.64 bits per heavy atom. The summed E-state index contributed by atoms with van der Waals surface area (Å²) < 4.78 is 4.60. The number of carbonyl (C=O) groups is 1. The van der Waals surface area contributed by atoms with Crippen molar-refractivity contribution in [2.45, 2.75) is 6.42 Å². The Morgan fingerprint density at radius 2 is 2.50 bits per heavy atom. The van der Waals surface area contributed by atoms with Gasteiger partial charge in [0.2, 0.25) is 0 Å². The lowest BCUT2D eigenvalue weighted by molar-refractivity contribution is -0.139. The zero-order valence-electron chi connectivity index (χ0n) is 7.78. The van der Waals surface area contributed by atoms with Crippen LogP contribution in [0.5, 0.6) is 0 Å². The van der Waals surface area contributed by atoms with Crippen LogP contribution in [0.3, 0.4) is 0 Å². The number of fused-ring (bicyclic) bond motifs is 1. The van der Waals surface area contributed by atoms with Gasteiger partial charge in [-0.05, 0) is 11.6 Å². The lowest BCUT2D eigenvalue weighted by Crippen LogP contribution is -2.03. The van der Waals surface area contributed by atoms with Crippen molar-refractivity contribution in [1.82, 2.24) is 9.97 Å². The molecule has 0 saturated heterocycles. The Hall–Kier alpha value is -1.84. The van der Waals surface area contributed by atoms with Crippen molar-refractivity contribution in [2.75, 3.05) is 7.11 Å². The van der Waals surface area contributed by atoms with Gasteiger partial charge in [0, 0.05) is 29.5 Å². The van der Waals surface area contributed by atoms with Gasteiger partial charge < -0.3 is 9.72 Å². The Kier molecular flexibility index (Phi) is 2.18. The van der Waals surface area contributed by atoms with Gasteiger partial charge in [-0.25, -0.2) is 0 Å². The van der Waals surface area contributed by atoms with Gasteiger partial charge in [0.15, 0.2) is 0 Å². The summed E-state index contributed by atoms with van der Waals surface area (Å²) in [6.45, 7) is 0. The summed E-state index contributed by atoms with van der Waals surface area (Å²) in [5.74, 6) is -0.241. The predicted molar refractivity (Wildman–Crippen MR) is 51.8 cm³/mol. The molecule has 2 aromatic rings. The van der Waals surface area contributed by atoms with E-state index >= 15 is 0 Å². The smallest absolute Gasteiger partial charge is 0.310 e. The van der Waals surface area contributed by atoms with Crippen LogP contribution in [-0.2, 0) is 16.0 Å². The molecule has 72 valence electrons. The SMILES string of the molecule is COC(=O)Cc1c[nH]c2ccncc12. The fourth-order valence-corrected chi connectivity index (χ4v) is 1.39. The van der Waals surface area contributed by atoms with Gasteiger partial charge in [-0.15, -0.1) is 0 Å². The monoisotopic (exact) mass is 190 g/mol. The molecule has 14 heavy (non-hydrogen) atoms. The second-order valence-electron chi connectivity index (χ2n) is 2.99. The maximum absolute atomic E-state index is 11.1. The number of H-pyrrole nitrogens is 1. The molecule has 0 amide bonds. The zero-order valence-corrected chi connectivity index (χ0v) is 7.78. The fourth-order valence-electron chi connectivity index (χ4n) is 1.39. The van der Waals surface area contributed by atoms with E-state index in [0.717, 1.165) is 16.5 Å². The zero-order chi connectivity index (χ0) is 9.97.